The molecule has 0 aliphatic rings. The number of hydrogen-bond acceptors (Lipinski definition) is 2. The fourth-order valence-corrected chi connectivity index (χ4v) is 7.15. The molecule has 0 amide bonds. The minimum absolute atomic E-state index is 0.222. The molecular weight excluding hydrogens is 550 g/mol. The van der Waals surface area contributed by atoms with Crippen molar-refractivity contribution in [1.82, 2.24) is 4.90 Å². The van der Waals surface area contributed by atoms with E-state index in [9.17, 15) is 9.90 Å². The number of unbranched alkanes of at least 4 members (excludes halogenated alkanes) is 30. The van der Waals surface area contributed by atoms with Crippen LogP contribution in [0.5, 0.6) is 0 Å². The second-order valence-corrected chi connectivity index (χ2v) is 14.7. The van der Waals surface area contributed by atoms with Crippen molar-refractivity contribution in [3.05, 3.63) is 0 Å². The molecule has 0 aliphatic carbocycles. The highest BCUT2D eigenvalue weighted by Gasteiger charge is 2.20. The van der Waals surface area contributed by atoms with Gasteiger partial charge in [0, 0.05) is 6.04 Å². The highest BCUT2D eigenvalue weighted by atomic mass is 16.4. The molecule has 0 radical (unpaired) electrons. The Kier molecular flexibility index (Phi) is 37.4. The van der Waals surface area contributed by atoms with Crippen LogP contribution in [0.3, 0.4) is 0 Å². The van der Waals surface area contributed by atoms with Crippen LogP contribution in [0, 0.1) is 0 Å². The van der Waals surface area contributed by atoms with Gasteiger partial charge in [-0.1, -0.05) is 220 Å². The summed E-state index contributed by atoms with van der Waals surface area (Å²) in [6, 6.07) is 0.222. The van der Waals surface area contributed by atoms with Crippen LogP contribution in [0.4, 0.5) is 0 Å². The van der Waals surface area contributed by atoms with Crippen LogP contribution in [0.15, 0.2) is 0 Å². The van der Waals surface area contributed by atoms with Gasteiger partial charge < -0.3 is 5.11 Å². The first-order chi connectivity index (χ1) is 22.2. The van der Waals surface area contributed by atoms with E-state index in [1.165, 1.54) is 205 Å². The maximum atomic E-state index is 11.6. The van der Waals surface area contributed by atoms with Crippen LogP contribution >= 0.6 is 0 Å². The van der Waals surface area contributed by atoms with Gasteiger partial charge in [0.25, 0.3) is 0 Å². The smallest absolute Gasteiger partial charge is 0.304 e. The van der Waals surface area contributed by atoms with Crippen molar-refractivity contribution in [3.63, 3.8) is 0 Å². The number of carboxylic acids is 1. The van der Waals surface area contributed by atoms with Crippen molar-refractivity contribution in [3.8, 4) is 0 Å². The summed E-state index contributed by atoms with van der Waals surface area (Å²) in [5.74, 6) is -0.627. The number of carbonyl (C=O) groups is 1. The van der Waals surface area contributed by atoms with Crippen molar-refractivity contribution >= 4 is 5.97 Å². The summed E-state index contributed by atoms with van der Waals surface area (Å²) in [6.07, 6.45) is 47.2. The van der Waals surface area contributed by atoms with Crippen LogP contribution in [-0.4, -0.2) is 35.1 Å². The monoisotopic (exact) mass is 636 g/mol. The Hall–Kier alpha value is -0.570. The highest BCUT2D eigenvalue weighted by Crippen LogP contribution is 2.18. The number of nitrogens with zero attached hydrogens (tertiary/aromatic N) is 1. The van der Waals surface area contributed by atoms with Crippen LogP contribution in [0.2, 0.25) is 0 Å². The predicted octanol–water partition coefficient (Wildman–Crippen LogP) is 14.5. The van der Waals surface area contributed by atoms with E-state index >= 15 is 0 Å². The van der Waals surface area contributed by atoms with Crippen molar-refractivity contribution in [2.45, 2.75) is 252 Å². The molecule has 3 nitrogen and oxygen atoms in total. The molecule has 0 aliphatic heterocycles. The number of carboxylic acid groups (broad SMARTS) is 1. The Labute approximate surface area is 284 Å². The van der Waals surface area contributed by atoms with Crippen LogP contribution in [-0.2, 0) is 4.79 Å². The molecule has 0 rings (SSSR count). The molecular formula is C42H85NO2. The van der Waals surface area contributed by atoms with E-state index in [0.29, 0.717) is 6.42 Å². The number of aliphatic carboxylic acids is 1. The predicted molar refractivity (Wildman–Crippen MR) is 202 cm³/mol. The minimum Gasteiger partial charge on any atom is -0.481 e. The van der Waals surface area contributed by atoms with Crippen molar-refractivity contribution < 1.29 is 9.90 Å². The molecule has 270 valence electrons. The van der Waals surface area contributed by atoms with Gasteiger partial charge in [0.2, 0.25) is 0 Å². The third-order valence-corrected chi connectivity index (χ3v) is 10.1. The van der Waals surface area contributed by atoms with E-state index in [4.69, 9.17) is 0 Å². The number of rotatable bonds is 39. The molecule has 0 heterocycles. The van der Waals surface area contributed by atoms with Gasteiger partial charge in [-0.25, -0.2) is 0 Å². The van der Waals surface area contributed by atoms with Crippen LogP contribution in [0.25, 0.3) is 0 Å². The first-order valence-electron chi connectivity index (χ1n) is 21.1. The summed E-state index contributed by atoms with van der Waals surface area (Å²) in [7, 11) is 0. The van der Waals surface area contributed by atoms with E-state index in [0.717, 1.165) is 25.9 Å². The summed E-state index contributed by atoms with van der Waals surface area (Å²) in [5, 5.41) is 9.56. The number of hydrogen-bond donors (Lipinski definition) is 1. The van der Waals surface area contributed by atoms with Gasteiger partial charge in [0.05, 0.1) is 6.42 Å². The van der Waals surface area contributed by atoms with Gasteiger partial charge in [-0.2, -0.15) is 0 Å². The van der Waals surface area contributed by atoms with E-state index in [-0.39, 0.29) is 6.04 Å². The quantitative estimate of drug-likeness (QED) is 0.0683. The van der Waals surface area contributed by atoms with Crippen molar-refractivity contribution in [2.75, 3.05) is 13.1 Å². The van der Waals surface area contributed by atoms with Crippen LogP contribution in [0.1, 0.15) is 245 Å². The Morgan fingerprint density at radius 1 is 0.400 bits per heavy atom. The maximum Gasteiger partial charge on any atom is 0.304 e. The van der Waals surface area contributed by atoms with E-state index in [1.807, 2.05) is 0 Å². The van der Waals surface area contributed by atoms with Gasteiger partial charge in [-0.3, -0.25) is 9.69 Å². The van der Waals surface area contributed by atoms with E-state index in [1.54, 1.807) is 0 Å². The zero-order valence-electron chi connectivity index (χ0n) is 31.5. The Balaban J connectivity index is 3.89. The molecule has 1 atom stereocenters. The lowest BCUT2D eigenvalue weighted by atomic mass is 10.0. The van der Waals surface area contributed by atoms with Gasteiger partial charge in [-0.15, -0.1) is 0 Å². The molecule has 0 saturated carbocycles. The molecule has 45 heavy (non-hydrogen) atoms. The standard InChI is InChI=1S/C42H85NO2/c1-4-7-9-11-13-15-17-19-21-23-25-27-29-31-33-35-38-43(41(37-6-3)40-42(44)45)39-36-34-32-30-28-26-24-22-20-18-16-14-12-10-8-5-2/h41H,4-40H2,1-3H3,(H,44,45). The molecule has 0 spiro atoms. The third kappa shape index (κ3) is 34.6. The fraction of sp³-hybridized carbons (Fsp3) is 0.976. The van der Waals surface area contributed by atoms with Gasteiger partial charge in [0.15, 0.2) is 0 Å². The summed E-state index contributed by atoms with van der Waals surface area (Å²) in [4.78, 5) is 14.2. The molecule has 0 fully saturated rings. The zero-order valence-corrected chi connectivity index (χ0v) is 31.5. The molecule has 0 aromatic heterocycles. The third-order valence-electron chi connectivity index (χ3n) is 10.1. The maximum absolute atomic E-state index is 11.6. The molecule has 1 unspecified atom stereocenters. The first kappa shape index (κ1) is 44.4. The molecule has 0 aromatic carbocycles. The topological polar surface area (TPSA) is 40.5 Å². The molecule has 1 N–H and O–H groups in total. The summed E-state index contributed by atoms with van der Waals surface area (Å²) < 4.78 is 0. The van der Waals surface area contributed by atoms with E-state index in [2.05, 4.69) is 25.7 Å². The fourth-order valence-electron chi connectivity index (χ4n) is 7.15. The Bertz CT molecular complexity index is 529. The van der Waals surface area contributed by atoms with Gasteiger partial charge in [-0.05, 0) is 32.4 Å². The lowest BCUT2D eigenvalue weighted by Crippen LogP contribution is -2.38. The van der Waals surface area contributed by atoms with Crippen LogP contribution < -0.4 is 0 Å². The Morgan fingerprint density at radius 2 is 0.644 bits per heavy atom. The molecule has 3 heteroatoms. The molecule has 0 saturated heterocycles. The first-order valence-corrected chi connectivity index (χ1v) is 21.1. The zero-order chi connectivity index (χ0) is 32.9. The van der Waals surface area contributed by atoms with Gasteiger partial charge >= 0.3 is 5.97 Å². The lowest BCUT2D eigenvalue weighted by molar-refractivity contribution is -0.138. The molecule has 0 bridgehead atoms. The van der Waals surface area contributed by atoms with E-state index < -0.39 is 5.97 Å². The summed E-state index contributed by atoms with van der Waals surface area (Å²) in [5.41, 5.74) is 0. The Morgan fingerprint density at radius 3 is 0.867 bits per heavy atom. The second-order valence-electron chi connectivity index (χ2n) is 14.7. The minimum atomic E-state index is -0.627. The van der Waals surface area contributed by atoms with Gasteiger partial charge in [0.1, 0.15) is 0 Å². The highest BCUT2D eigenvalue weighted by molar-refractivity contribution is 5.67. The molecule has 0 aromatic rings. The van der Waals surface area contributed by atoms with Crippen molar-refractivity contribution in [2.24, 2.45) is 0 Å². The average molecular weight is 636 g/mol. The average Bonchev–Trinajstić information content (AvgIpc) is 3.03. The summed E-state index contributed by atoms with van der Waals surface area (Å²) >= 11 is 0. The lowest BCUT2D eigenvalue weighted by Gasteiger charge is -2.31. The second kappa shape index (κ2) is 37.9. The summed E-state index contributed by atoms with van der Waals surface area (Å²) in [6.45, 7) is 8.98. The SMILES string of the molecule is CCCCCCCCCCCCCCCCCCN(CCCCCCCCCCCCCCCCCC)C(CCC)CC(=O)O. The normalized spacial score (nSPS) is 12.4. The largest absolute Gasteiger partial charge is 0.481 e. The van der Waals surface area contributed by atoms with Crippen molar-refractivity contribution in [1.29, 1.82) is 0 Å².